The number of benzene rings is 2. The maximum atomic E-state index is 13.1. The highest BCUT2D eigenvalue weighted by Gasteiger charge is 2.12. The Labute approximate surface area is 125 Å². The summed E-state index contributed by atoms with van der Waals surface area (Å²) in [4.78, 5) is 2.10. The van der Waals surface area contributed by atoms with Gasteiger partial charge in [-0.05, 0) is 38.7 Å². The summed E-state index contributed by atoms with van der Waals surface area (Å²) in [6.45, 7) is 2.77. The minimum atomic E-state index is -0.434. The van der Waals surface area contributed by atoms with Gasteiger partial charge in [0.15, 0.2) is 0 Å². The number of para-hydroxylation sites is 1. The van der Waals surface area contributed by atoms with Crippen molar-refractivity contribution in [2.24, 2.45) is 0 Å². The third-order valence-electron chi connectivity index (χ3n) is 3.33. The zero-order valence-corrected chi connectivity index (χ0v) is 12.6. The van der Waals surface area contributed by atoms with Gasteiger partial charge in [-0.3, -0.25) is 0 Å². The van der Waals surface area contributed by atoms with E-state index in [0.717, 1.165) is 18.3 Å². The lowest BCUT2D eigenvalue weighted by Crippen LogP contribution is -2.14. The number of rotatable bonds is 5. The Morgan fingerprint density at radius 3 is 2.57 bits per heavy atom. The molecule has 0 aliphatic heterocycles. The summed E-state index contributed by atoms with van der Waals surface area (Å²) in [5.41, 5.74) is 2.87. The van der Waals surface area contributed by atoms with E-state index < -0.39 is 5.82 Å². The van der Waals surface area contributed by atoms with Crippen LogP contribution in [0.25, 0.3) is 0 Å². The number of nitrogens with one attached hydrogen (secondary N) is 1. The molecule has 3 nitrogen and oxygen atoms in total. The number of nitrogens with zero attached hydrogens (tertiary/aromatic N) is 1. The summed E-state index contributed by atoms with van der Waals surface area (Å²) in [5, 5.41) is 13.2. The van der Waals surface area contributed by atoms with Crippen molar-refractivity contribution in [1.29, 1.82) is 0 Å². The number of hydrogen-bond donors (Lipinski definition) is 2. The van der Waals surface area contributed by atoms with E-state index in [9.17, 15) is 9.50 Å². The number of aromatic hydroxyl groups is 1. The van der Waals surface area contributed by atoms with E-state index in [0.29, 0.717) is 5.56 Å². The van der Waals surface area contributed by atoms with Gasteiger partial charge in [-0.25, -0.2) is 4.39 Å². The normalized spacial score (nSPS) is 12.4. The topological polar surface area (TPSA) is 35.5 Å². The fraction of sp³-hybridized carbons (Fsp3) is 0.294. The van der Waals surface area contributed by atoms with E-state index in [1.807, 2.05) is 39.2 Å². The first-order chi connectivity index (χ1) is 9.97. The van der Waals surface area contributed by atoms with Crippen molar-refractivity contribution >= 4 is 5.69 Å². The average Bonchev–Trinajstić information content (AvgIpc) is 2.40. The quantitative estimate of drug-likeness (QED) is 0.879. The van der Waals surface area contributed by atoms with Gasteiger partial charge >= 0.3 is 0 Å². The zero-order chi connectivity index (χ0) is 15.4. The van der Waals surface area contributed by atoms with Crippen LogP contribution in [0.5, 0.6) is 5.75 Å². The monoisotopic (exact) mass is 288 g/mol. The van der Waals surface area contributed by atoms with Crippen LogP contribution in [0.4, 0.5) is 10.1 Å². The lowest BCUT2D eigenvalue weighted by Gasteiger charge is -2.20. The second-order valence-electron chi connectivity index (χ2n) is 5.46. The molecule has 2 aromatic rings. The summed E-state index contributed by atoms with van der Waals surface area (Å²) in [6.07, 6.45) is 0. The molecule has 0 bridgehead atoms. The van der Waals surface area contributed by atoms with Gasteiger partial charge in [0.1, 0.15) is 11.6 Å². The minimum Gasteiger partial charge on any atom is -0.507 e. The SMILES string of the molecule is CC(Nc1ccccc1CN(C)C)c1ccc(F)cc1O. The molecule has 0 radical (unpaired) electrons. The molecule has 1 atom stereocenters. The van der Waals surface area contributed by atoms with Gasteiger partial charge in [-0.1, -0.05) is 24.3 Å². The zero-order valence-electron chi connectivity index (χ0n) is 12.6. The Balaban J connectivity index is 2.21. The second-order valence-corrected chi connectivity index (χ2v) is 5.46. The molecule has 2 rings (SSSR count). The van der Waals surface area contributed by atoms with E-state index in [2.05, 4.69) is 16.3 Å². The van der Waals surface area contributed by atoms with Crippen molar-refractivity contribution < 1.29 is 9.50 Å². The molecule has 0 aliphatic carbocycles. The van der Waals surface area contributed by atoms with Crippen LogP contribution in [0.1, 0.15) is 24.1 Å². The Bertz CT molecular complexity index is 613. The van der Waals surface area contributed by atoms with Crippen molar-refractivity contribution in [2.45, 2.75) is 19.5 Å². The van der Waals surface area contributed by atoms with Gasteiger partial charge < -0.3 is 15.3 Å². The first-order valence-corrected chi connectivity index (χ1v) is 6.95. The summed E-state index contributed by atoms with van der Waals surface area (Å²) in [6, 6.07) is 12.0. The number of halogens is 1. The van der Waals surface area contributed by atoms with Gasteiger partial charge in [0.2, 0.25) is 0 Å². The number of phenolic OH excluding ortho intramolecular Hbond substituents is 1. The molecule has 2 aromatic carbocycles. The molecule has 2 N–H and O–H groups in total. The molecule has 0 amide bonds. The molecular formula is C17H21FN2O. The summed E-state index contributed by atoms with van der Waals surface area (Å²) >= 11 is 0. The second kappa shape index (κ2) is 6.59. The standard InChI is InChI=1S/C17H21FN2O/c1-12(15-9-8-14(18)10-17(15)21)19-16-7-5-4-6-13(16)11-20(2)3/h4-10,12,19,21H,11H2,1-3H3. The number of phenols is 1. The minimum absolute atomic E-state index is 0.0277. The summed E-state index contributed by atoms with van der Waals surface area (Å²) < 4.78 is 13.1. The highest BCUT2D eigenvalue weighted by Crippen LogP contribution is 2.29. The van der Waals surface area contributed by atoms with E-state index in [1.54, 1.807) is 6.07 Å². The van der Waals surface area contributed by atoms with Crippen LogP contribution in [0.3, 0.4) is 0 Å². The maximum Gasteiger partial charge on any atom is 0.126 e. The number of anilines is 1. The lowest BCUT2D eigenvalue weighted by molar-refractivity contribution is 0.403. The molecular weight excluding hydrogens is 267 g/mol. The Kier molecular flexibility index (Phi) is 4.81. The van der Waals surface area contributed by atoms with E-state index >= 15 is 0 Å². The highest BCUT2D eigenvalue weighted by molar-refractivity contribution is 5.53. The molecule has 0 saturated heterocycles. The lowest BCUT2D eigenvalue weighted by atomic mass is 10.1. The van der Waals surface area contributed by atoms with Crippen LogP contribution in [-0.2, 0) is 6.54 Å². The van der Waals surface area contributed by atoms with Crippen molar-refractivity contribution in [2.75, 3.05) is 19.4 Å². The predicted molar refractivity (Wildman–Crippen MR) is 83.9 cm³/mol. The predicted octanol–water partition coefficient (Wildman–Crippen LogP) is 3.77. The fourth-order valence-electron chi connectivity index (χ4n) is 2.33. The van der Waals surface area contributed by atoms with Gasteiger partial charge in [-0.2, -0.15) is 0 Å². The Morgan fingerprint density at radius 2 is 1.90 bits per heavy atom. The first-order valence-electron chi connectivity index (χ1n) is 6.95. The molecule has 0 saturated carbocycles. The van der Waals surface area contributed by atoms with Crippen LogP contribution in [-0.4, -0.2) is 24.1 Å². The van der Waals surface area contributed by atoms with E-state index in [4.69, 9.17) is 0 Å². The van der Waals surface area contributed by atoms with Gasteiger partial charge in [0.25, 0.3) is 0 Å². The molecule has 112 valence electrons. The number of hydrogen-bond acceptors (Lipinski definition) is 3. The van der Waals surface area contributed by atoms with Crippen LogP contribution >= 0.6 is 0 Å². The van der Waals surface area contributed by atoms with Crippen LogP contribution in [0.15, 0.2) is 42.5 Å². The molecule has 0 spiro atoms. The molecule has 0 fully saturated rings. The fourth-order valence-corrected chi connectivity index (χ4v) is 2.33. The average molecular weight is 288 g/mol. The molecule has 21 heavy (non-hydrogen) atoms. The van der Waals surface area contributed by atoms with Crippen molar-refractivity contribution in [3.05, 3.63) is 59.4 Å². The van der Waals surface area contributed by atoms with E-state index in [-0.39, 0.29) is 11.8 Å². The van der Waals surface area contributed by atoms with Crippen molar-refractivity contribution in [3.8, 4) is 5.75 Å². The third-order valence-corrected chi connectivity index (χ3v) is 3.33. The van der Waals surface area contributed by atoms with Crippen LogP contribution < -0.4 is 5.32 Å². The smallest absolute Gasteiger partial charge is 0.126 e. The molecule has 0 aromatic heterocycles. The van der Waals surface area contributed by atoms with Crippen molar-refractivity contribution in [3.63, 3.8) is 0 Å². The van der Waals surface area contributed by atoms with Crippen LogP contribution in [0.2, 0.25) is 0 Å². The maximum absolute atomic E-state index is 13.1. The molecule has 0 heterocycles. The summed E-state index contributed by atoms with van der Waals surface area (Å²) in [7, 11) is 4.04. The van der Waals surface area contributed by atoms with Crippen molar-refractivity contribution in [1.82, 2.24) is 4.90 Å². The Morgan fingerprint density at radius 1 is 1.19 bits per heavy atom. The molecule has 0 aliphatic rings. The van der Waals surface area contributed by atoms with Crippen LogP contribution in [0, 0.1) is 5.82 Å². The van der Waals surface area contributed by atoms with Gasteiger partial charge in [0, 0.05) is 23.9 Å². The Hall–Kier alpha value is -2.07. The van der Waals surface area contributed by atoms with Gasteiger partial charge in [-0.15, -0.1) is 0 Å². The van der Waals surface area contributed by atoms with Gasteiger partial charge in [0.05, 0.1) is 6.04 Å². The largest absolute Gasteiger partial charge is 0.507 e. The first kappa shape index (κ1) is 15.3. The molecule has 1 unspecified atom stereocenters. The van der Waals surface area contributed by atoms with E-state index in [1.165, 1.54) is 11.6 Å². The summed E-state index contributed by atoms with van der Waals surface area (Å²) in [5.74, 6) is -0.462. The molecule has 4 heteroatoms. The third kappa shape index (κ3) is 3.95. The highest BCUT2D eigenvalue weighted by atomic mass is 19.1.